The van der Waals surface area contributed by atoms with Gasteiger partial charge in [-0.15, -0.1) is 0 Å². The van der Waals surface area contributed by atoms with Gasteiger partial charge >= 0.3 is 5.97 Å². The molecule has 0 saturated carbocycles. The third-order valence-corrected chi connectivity index (χ3v) is 2.85. The molecule has 1 heterocycles. The Bertz CT molecular complexity index is 541. The van der Waals surface area contributed by atoms with Crippen molar-refractivity contribution in [2.75, 3.05) is 0 Å². The molecule has 82 valence electrons. The van der Waals surface area contributed by atoms with Gasteiger partial charge in [0, 0.05) is 11.6 Å². The summed E-state index contributed by atoms with van der Waals surface area (Å²) in [7, 11) is 0. The van der Waals surface area contributed by atoms with Gasteiger partial charge in [0.05, 0.1) is 10.9 Å². The number of carbonyl (C=O) groups is 1. The van der Waals surface area contributed by atoms with Crippen LogP contribution < -0.4 is 0 Å². The molecule has 16 heavy (non-hydrogen) atoms. The number of fused-ring (bicyclic) bond motifs is 1. The lowest BCUT2D eigenvalue weighted by Gasteiger charge is -2.21. The number of benzene rings is 1. The van der Waals surface area contributed by atoms with Gasteiger partial charge in [0.1, 0.15) is 0 Å². The van der Waals surface area contributed by atoms with Crippen LogP contribution in [0.2, 0.25) is 0 Å². The van der Waals surface area contributed by atoms with Crippen LogP contribution in [0.5, 0.6) is 0 Å². The van der Waals surface area contributed by atoms with Crippen molar-refractivity contribution in [3.8, 4) is 0 Å². The van der Waals surface area contributed by atoms with E-state index in [1.165, 1.54) is 0 Å². The predicted octanol–water partition coefficient (Wildman–Crippen LogP) is 2.60. The molecule has 2 aromatic rings. The highest BCUT2D eigenvalue weighted by Gasteiger charge is 2.30. The van der Waals surface area contributed by atoms with Gasteiger partial charge in [0.15, 0.2) is 0 Å². The van der Waals surface area contributed by atoms with Crippen LogP contribution in [0.3, 0.4) is 0 Å². The van der Waals surface area contributed by atoms with Gasteiger partial charge in [0.2, 0.25) is 0 Å². The van der Waals surface area contributed by atoms with E-state index in [0.717, 1.165) is 16.5 Å². The van der Waals surface area contributed by atoms with Crippen LogP contribution in [0.1, 0.15) is 19.4 Å². The van der Waals surface area contributed by atoms with Crippen molar-refractivity contribution in [3.05, 3.63) is 42.1 Å². The van der Waals surface area contributed by atoms with E-state index < -0.39 is 11.4 Å². The Morgan fingerprint density at radius 1 is 1.25 bits per heavy atom. The minimum atomic E-state index is -0.900. The van der Waals surface area contributed by atoms with Crippen molar-refractivity contribution in [3.63, 3.8) is 0 Å². The Morgan fingerprint density at radius 3 is 2.69 bits per heavy atom. The zero-order valence-corrected chi connectivity index (χ0v) is 9.27. The number of rotatable bonds is 2. The molecule has 0 aliphatic rings. The van der Waals surface area contributed by atoms with Gasteiger partial charge in [-0.05, 0) is 31.5 Å². The SMILES string of the molecule is CC(C)(C(=O)O)c1cccc2ncccc12. The average Bonchev–Trinajstić information content (AvgIpc) is 2.28. The van der Waals surface area contributed by atoms with Crippen LogP contribution in [0.25, 0.3) is 10.9 Å². The summed E-state index contributed by atoms with van der Waals surface area (Å²) in [5.41, 5.74) is 0.725. The van der Waals surface area contributed by atoms with Gasteiger partial charge in [-0.1, -0.05) is 18.2 Å². The molecule has 0 amide bonds. The molecule has 0 aliphatic carbocycles. The number of pyridine rings is 1. The molecule has 0 unspecified atom stereocenters. The van der Waals surface area contributed by atoms with Crippen molar-refractivity contribution in [1.82, 2.24) is 4.98 Å². The Morgan fingerprint density at radius 2 is 2.00 bits per heavy atom. The Balaban J connectivity index is 2.74. The fourth-order valence-electron chi connectivity index (χ4n) is 1.76. The summed E-state index contributed by atoms with van der Waals surface area (Å²) in [6.07, 6.45) is 1.71. The molecule has 3 nitrogen and oxygen atoms in total. The molecule has 0 fully saturated rings. The molecular weight excluding hydrogens is 202 g/mol. The third kappa shape index (κ3) is 1.54. The fraction of sp³-hybridized carbons (Fsp3) is 0.231. The zero-order valence-electron chi connectivity index (χ0n) is 9.27. The van der Waals surface area contributed by atoms with Crippen LogP contribution in [0, 0.1) is 0 Å². The first kappa shape index (κ1) is 10.6. The van der Waals surface area contributed by atoms with Crippen LogP contribution in [0.4, 0.5) is 0 Å². The van der Waals surface area contributed by atoms with E-state index in [1.54, 1.807) is 20.0 Å². The standard InChI is InChI=1S/C13H13NO2/c1-13(2,12(15)16)10-6-3-7-11-9(10)5-4-8-14-11/h3-8H,1-2H3,(H,15,16). The van der Waals surface area contributed by atoms with E-state index in [4.69, 9.17) is 0 Å². The first-order chi connectivity index (χ1) is 7.53. The number of aliphatic carboxylic acids is 1. The lowest BCUT2D eigenvalue weighted by Crippen LogP contribution is -2.28. The molecule has 0 radical (unpaired) electrons. The Labute approximate surface area is 93.7 Å². The molecule has 3 heteroatoms. The summed E-state index contributed by atoms with van der Waals surface area (Å²) in [4.78, 5) is 15.5. The first-order valence-electron chi connectivity index (χ1n) is 5.11. The van der Waals surface area contributed by atoms with E-state index in [2.05, 4.69) is 4.98 Å². The Hall–Kier alpha value is -1.90. The highest BCUT2D eigenvalue weighted by atomic mass is 16.4. The van der Waals surface area contributed by atoms with Crippen molar-refractivity contribution < 1.29 is 9.90 Å². The van der Waals surface area contributed by atoms with E-state index in [-0.39, 0.29) is 0 Å². The van der Waals surface area contributed by atoms with Gasteiger partial charge in [-0.2, -0.15) is 0 Å². The Kier molecular flexibility index (Phi) is 2.38. The molecule has 0 bridgehead atoms. The monoisotopic (exact) mass is 215 g/mol. The van der Waals surface area contributed by atoms with Gasteiger partial charge in [-0.3, -0.25) is 9.78 Å². The molecule has 0 atom stereocenters. The van der Waals surface area contributed by atoms with E-state index in [0.29, 0.717) is 0 Å². The number of hydrogen-bond donors (Lipinski definition) is 1. The lowest BCUT2D eigenvalue weighted by atomic mass is 9.82. The van der Waals surface area contributed by atoms with Crippen molar-refractivity contribution in [2.45, 2.75) is 19.3 Å². The second-order valence-electron chi connectivity index (χ2n) is 4.31. The van der Waals surface area contributed by atoms with Crippen LogP contribution >= 0.6 is 0 Å². The van der Waals surface area contributed by atoms with Crippen molar-refractivity contribution >= 4 is 16.9 Å². The quantitative estimate of drug-likeness (QED) is 0.837. The van der Waals surface area contributed by atoms with Gasteiger partial charge in [0.25, 0.3) is 0 Å². The van der Waals surface area contributed by atoms with E-state index in [1.807, 2.05) is 30.3 Å². The summed E-state index contributed by atoms with van der Waals surface area (Å²) in [5.74, 6) is -0.830. The number of hydrogen-bond acceptors (Lipinski definition) is 2. The topological polar surface area (TPSA) is 50.2 Å². The largest absolute Gasteiger partial charge is 0.481 e. The zero-order chi connectivity index (χ0) is 11.8. The third-order valence-electron chi connectivity index (χ3n) is 2.85. The number of nitrogens with zero attached hydrogens (tertiary/aromatic N) is 1. The maximum Gasteiger partial charge on any atom is 0.313 e. The minimum Gasteiger partial charge on any atom is -0.481 e. The van der Waals surface area contributed by atoms with Gasteiger partial charge in [-0.25, -0.2) is 0 Å². The maximum atomic E-state index is 11.2. The van der Waals surface area contributed by atoms with Crippen LogP contribution in [-0.2, 0) is 10.2 Å². The summed E-state index contributed by atoms with van der Waals surface area (Å²) in [5, 5.41) is 10.1. The van der Waals surface area contributed by atoms with Crippen LogP contribution in [0.15, 0.2) is 36.5 Å². The predicted molar refractivity (Wildman–Crippen MR) is 62.4 cm³/mol. The lowest BCUT2D eigenvalue weighted by molar-refractivity contribution is -0.142. The summed E-state index contributed by atoms with van der Waals surface area (Å²) in [6, 6.07) is 9.30. The summed E-state index contributed by atoms with van der Waals surface area (Å²) < 4.78 is 0. The highest BCUT2D eigenvalue weighted by molar-refractivity contribution is 5.90. The molecule has 0 aliphatic heterocycles. The van der Waals surface area contributed by atoms with E-state index in [9.17, 15) is 9.90 Å². The number of carboxylic acids is 1. The second kappa shape index (κ2) is 3.59. The maximum absolute atomic E-state index is 11.2. The fourth-order valence-corrected chi connectivity index (χ4v) is 1.76. The van der Waals surface area contributed by atoms with Crippen molar-refractivity contribution in [2.24, 2.45) is 0 Å². The summed E-state index contributed by atoms with van der Waals surface area (Å²) in [6.45, 7) is 3.41. The second-order valence-corrected chi connectivity index (χ2v) is 4.31. The number of carboxylic acid groups (broad SMARTS) is 1. The summed E-state index contributed by atoms with van der Waals surface area (Å²) >= 11 is 0. The van der Waals surface area contributed by atoms with Crippen LogP contribution in [-0.4, -0.2) is 16.1 Å². The normalized spacial score (nSPS) is 11.6. The molecule has 0 spiro atoms. The number of aromatic nitrogens is 1. The smallest absolute Gasteiger partial charge is 0.313 e. The molecule has 2 rings (SSSR count). The minimum absolute atomic E-state index is 0.797. The molecule has 1 aromatic carbocycles. The van der Waals surface area contributed by atoms with E-state index >= 15 is 0 Å². The molecule has 1 N–H and O–H groups in total. The van der Waals surface area contributed by atoms with Crippen molar-refractivity contribution in [1.29, 1.82) is 0 Å². The molecule has 1 aromatic heterocycles. The highest BCUT2D eigenvalue weighted by Crippen LogP contribution is 2.29. The molecular formula is C13H13NO2. The first-order valence-corrected chi connectivity index (χ1v) is 5.11. The molecule has 0 saturated heterocycles. The van der Waals surface area contributed by atoms with Gasteiger partial charge < -0.3 is 5.11 Å². The average molecular weight is 215 g/mol.